The molecule has 1 aromatic carbocycles. The van der Waals surface area contributed by atoms with Gasteiger partial charge >= 0.3 is 17.6 Å². The average molecular weight is 404 g/mol. The highest BCUT2D eigenvalue weighted by atomic mass is 32.1. The van der Waals surface area contributed by atoms with Crippen molar-refractivity contribution in [3.05, 3.63) is 46.3 Å². The highest BCUT2D eigenvalue weighted by Crippen LogP contribution is 2.33. The minimum Gasteiger partial charge on any atom is -0.497 e. The molecule has 0 aliphatic heterocycles. The Morgan fingerprint density at radius 2 is 1.93 bits per heavy atom. The number of fused-ring (bicyclic) bond motifs is 1. The molecule has 0 radical (unpaired) electrons. The van der Waals surface area contributed by atoms with E-state index < -0.39 is 23.2 Å². The first-order valence-corrected chi connectivity index (χ1v) is 8.73. The number of nitrogens with one attached hydrogen (secondary N) is 1. The molecule has 0 fully saturated rings. The first kappa shape index (κ1) is 19.2. The van der Waals surface area contributed by atoms with E-state index in [1.54, 1.807) is 18.2 Å². The van der Waals surface area contributed by atoms with Gasteiger partial charge in [-0.05, 0) is 18.2 Å². The van der Waals surface area contributed by atoms with Gasteiger partial charge in [0.1, 0.15) is 22.1 Å². The van der Waals surface area contributed by atoms with Gasteiger partial charge in [0.2, 0.25) is 0 Å². The molecule has 2 aromatic heterocycles. The Bertz CT molecular complexity index is 1120. The van der Waals surface area contributed by atoms with Crippen molar-refractivity contribution >= 4 is 44.3 Å². The number of aromatic carboxylic acids is 1. The minimum absolute atomic E-state index is 0.202. The summed E-state index contributed by atoms with van der Waals surface area (Å²) in [7, 11) is 4.52. The van der Waals surface area contributed by atoms with Crippen molar-refractivity contribution < 1.29 is 28.6 Å². The number of methoxy groups -OCH3 is 2. The molecule has 2 amide bonds. The fourth-order valence-corrected chi connectivity index (χ4v) is 3.42. The number of hydrogen-bond acceptors (Lipinski definition) is 7. The van der Waals surface area contributed by atoms with Crippen LogP contribution in [0.1, 0.15) is 10.4 Å². The van der Waals surface area contributed by atoms with Crippen LogP contribution in [-0.4, -0.2) is 38.4 Å². The van der Waals surface area contributed by atoms with Gasteiger partial charge in [-0.1, -0.05) is 0 Å². The quantitative estimate of drug-likeness (QED) is 0.670. The molecule has 0 atom stereocenters. The number of carbonyl (C=O) groups is 2. The van der Waals surface area contributed by atoms with Crippen molar-refractivity contribution in [2.45, 2.75) is 0 Å². The minimum atomic E-state index is -1.37. The van der Waals surface area contributed by atoms with Gasteiger partial charge in [-0.25, -0.2) is 14.4 Å². The maximum atomic E-state index is 12.6. The smallest absolute Gasteiger partial charge is 0.351 e. The van der Waals surface area contributed by atoms with E-state index >= 15 is 0 Å². The van der Waals surface area contributed by atoms with Gasteiger partial charge in [0.25, 0.3) is 0 Å². The molecule has 28 heavy (non-hydrogen) atoms. The van der Waals surface area contributed by atoms with E-state index in [1.165, 1.54) is 38.3 Å². The first-order valence-electron chi connectivity index (χ1n) is 7.91. The van der Waals surface area contributed by atoms with E-state index in [1.807, 2.05) is 0 Å². The molecule has 0 unspecified atom stereocenters. The number of hydrogen-bond donors (Lipinski definition) is 2. The topological polar surface area (TPSA) is 118 Å². The Kier molecular flexibility index (Phi) is 5.23. The van der Waals surface area contributed by atoms with Crippen LogP contribution in [0.4, 0.5) is 15.5 Å². The number of benzene rings is 1. The highest BCUT2D eigenvalue weighted by molar-refractivity contribution is 7.22. The molecule has 9 nitrogen and oxygen atoms in total. The van der Waals surface area contributed by atoms with Crippen LogP contribution in [0.2, 0.25) is 0 Å². The summed E-state index contributed by atoms with van der Waals surface area (Å²) in [5, 5.41) is 12.2. The van der Waals surface area contributed by atoms with Crippen molar-refractivity contribution in [1.29, 1.82) is 0 Å². The van der Waals surface area contributed by atoms with Gasteiger partial charge < -0.3 is 24.3 Å². The zero-order valence-electron chi connectivity index (χ0n) is 15.1. The van der Waals surface area contributed by atoms with Crippen LogP contribution in [0.5, 0.6) is 11.5 Å². The lowest BCUT2D eigenvalue weighted by molar-refractivity contribution is 0.0692. The van der Waals surface area contributed by atoms with E-state index in [0.717, 1.165) is 11.3 Å². The third kappa shape index (κ3) is 3.62. The first-order chi connectivity index (χ1) is 13.3. The predicted octanol–water partition coefficient (Wildman–Crippen LogP) is 3.24. The summed E-state index contributed by atoms with van der Waals surface area (Å²) < 4.78 is 15.9. The van der Waals surface area contributed by atoms with E-state index in [9.17, 15) is 14.4 Å². The van der Waals surface area contributed by atoms with Crippen molar-refractivity contribution in [3.63, 3.8) is 0 Å². The Morgan fingerprint density at radius 3 is 2.57 bits per heavy atom. The number of anilines is 2. The molecule has 2 N–H and O–H groups in total. The van der Waals surface area contributed by atoms with Crippen LogP contribution in [0.25, 0.3) is 10.3 Å². The second kappa shape index (κ2) is 7.61. The fourth-order valence-electron chi connectivity index (χ4n) is 2.43. The van der Waals surface area contributed by atoms with Gasteiger partial charge in [0, 0.05) is 19.2 Å². The second-order valence-corrected chi connectivity index (χ2v) is 6.68. The van der Waals surface area contributed by atoms with Gasteiger partial charge in [0.05, 0.1) is 24.6 Å². The lowest BCUT2D eigenvalue weighted by Crippen LogP contribution is -2.30. The van der Waals surface area contributed by atoms with Crippen molar-refractivity contribution in [1.82, 2.24) is 0 Å². The molecule has 0 aliphatic carbocycles. The van der Waals surface area contributed by atoms with Gasteiger partial charge in [-0.15, -0.1) is 11.3 Å². The summed E-state index contributed by atoms with van der Waals surface area (Å²) in [4.78, 5) is 36.7. The molecule has 10 heteroatoms. The SMILES string of the molecule is COc1ccc(OC)c(NC(=O)N(C)c2cc3oc(=O)c(C(=O)O)cc3s2)c1. The molecular weight excluding hydrogens is 388 g/mol. The Balaban J connectivity index is 1.89. The maximum absolute atomic E-state index is 12.6. The Morgan fingerprint density at radius 1 is 1.18 bits per heavy atom. The largest absolute Gasteiger partial charge is 0.497 e. The number of amides is 2. The molecule has 3 aromatic rings. The van der Waals surface area contributed by atoms with Crippen LogP contribution in [0, 0.1) is 0 Å². The average Bonchev–Trinajstić information content (AvgIpc) is 3.09. The van der Waals surface area contributed by atoms with Crippen LogP contribution in [0.15, 0.2) is 39.5 Å². The van der Waals surface area contributed by atoms with Gasteiger partial charge in [-0.2, -0.15) is 0 Å². The zero-order chi connectivity index (χ0) is 20.4. The van der Waals surface area contributed by atoms with Crippen molar-refractivity contribution in [2.24, 2.45) is 0 Å². The second-order valence-electron chi connectivity index (χ2n) is 5.62. The zero-order valence-corrected chi connectivity index (χ0v) is 16.0. The van der Waals surface area contributed by atoms with Crippen LogP contribution in [0.3, 0.4) is 0 Å². The maximum Gasteiger partial charge on any atom is 0.351 e. The molecule has 2 heterocycles. The van der Waals surface area contributed by atoms with E-state index in [-0.39, 0.29) is 5.58 Å². The monoisotopic (exact) mass is 404 g/mol. The van der Waals surface area contributed by atoms with Crippen molar-refractivity contribution in [3.8, 4) is 11.5 Å². The molecule has 0 spiro atoms. The molecule has 0 saturated heterocycles. The summed E-state index contributed by atoms with van der Waals surface area (Å²) in [5.74, 6) is -0.374. The van der Waals surface area contributed by atoms with E-state index in [4.69, 9.17) is 19.0 Å². The number of nitrogens with zero attached hydrogens (tertiary/aromatic N) is 1. The van der Waals surface area contributed by atoms with E-state index in [0.29, 0.717) is 26.9 Å². The summed E-state index contributed by atoms with van der Waals surface area (Å²) in [5.41, 5.74) is -0.792. The molecule has 146 valence electrons. The number of carboxylic acid groups (broad SMARTS) is 1. The van der Waals surface area contributed by atoms with E-state index in [2.05, 4.69) is 5.32 Å². The lowest BCUT2D eigenvalue weighted by atomic mass is 10.2. The molecular formula is C18H16N2O7S. The standard InChI is InChI=1S/C18H16N2O7S/c1-20(18(24)19-11-6-9(25-2)4-5-12(11)26-3)15-8-13-14(28-15)7-10(16(21)22)17(23)27-13/h4-8H,1-3H3,(H,19,24)(H,21,22). The Hall–Kier alpha value is -3.53. The number of thiophene rings is 1. The molecule has 0 bridgehead atoms. The number of carboxylic acids is 1. The van der Waals surface area contributed by atoms with Gasteiger partial charge in [0.15, 0.2) is 5.58 Å². The molecule has 3 rings (SSSR count). The van der Waals surface area contributed by atoms with Crippen LogP contribution in [-0.2, 0) is 0 Å². The molecule has 0 saturated carbocycles. The third-order valence-electron chi connectivity index (χ3n) is 3.92. The fraction of sp³-hybridized carbons (Fsp3) is 0.167. The third-order valence-corrected chi connectivity index (χ3v) is 5.06. The van der Waals surface area contributed by atoms with Crippen LogP contribution >= 0.6 is 11.3 Å². The lowest BCUT2D eigenvalue weighted by Gasteiger charge is -2.17. The number of urea groups is 1. The number of ether oxygens (including phenoxy) is 2. The number of carbonyl (C=O) groups excluding carboxylic acids is 1. The van der Waals surface area contributed by atoms with Crippen LogP contribution < -0.4 is 25.3 Å². The normalized spacial score (nSPS) is 10.5. The number of rotatable bonds is 5. The highest BCUT2D eigenvalue weighted by Gasteiger charge is 2.19. The summed E-state index contributed by atoms with van der Waals surface area (Å²) >= 11 is 1.12. The van der Waals surface area contributed by atoms with Crippen molar-refractivity contribution in [2.75, 3.05) is 31.5 Å². The summed E-state index contributed by atoms with van der Waals surface area (Å²) in [6.07, 6.45) is 0. The molecule has 0 aliphatic rings. The predicted molar refractivity (Wildman–Crippen MR) is 104 cm³/mol. The Labute approximate surface area is 162 Å². The van der Waals surface area contributed by atoms with Gasteiger partial charge in [-0.3, -0.25) is 4.90 Å². The summed E-state index contributed by atoms with van der Waals surface area (Å²) in [6.45, 7) is 0. The summed E-state index contributed by atoms with van der Waals surface area (Å²) in [6, 6.07) is 7.23.